The van der Waals surface area contributed by atoms with Gasteiger partial charge in [0.25, 0.3) is 0 Å². The second-order valence-electron chi connectivity index (χ2n) is 6.79. The van der Waals surface area contributed by atoms with Crippen LogP contribution in [0.1, 0.15) is 64.0 Å². The summed E-state index contributed by atoms with van der Waals surface area (Å²) < 4.78 is 0. The van der Waals surface area contributed by atoms with E-state index in [0.29, 0.717) is 6.04 Å². The highest BCUT2D eigenvalue weighted by Crippen LogP contribution is 2.39. The van der Waals surface area contributed by atoms with Gasteiger partial charge in [-0.2, -0.15) is 0 Å². The molecule has 1 aromatic rings. The van der Waals surface area contributed by atoms with E-state index < -0.39 is 0 Å². The highest BCUT2D eigenvalue weighted by atomic mass is 15.2. The maximum atomic E-state index is 3.58. The van der Waals surface area contributed by atoms with Crippen molar-refractivity contribution in [1.29, 1.82) is 0 Å². The summed E-state index contributed by atoms with van der Waals surface area (Å²) in [5.41, 5.74) is 2.96. The van der Waals surface area contributed by atoms with Crippen molar-refractivity contribution in [2.24, 2.45) is 5.92 Å². The molecule has 2 heteroatoms. The zero-order valence-electron chi connectivity index (χ0n) is 13.6. The van der Waals surface area contributed by atoms with Crippen LogP contribution in [0.15, 0.2) is 24.3 Å². The lowest BCUT2D eigenvalue weighted by Gasteiger charge is -2.34. The van der Waals surface area contributed by atoms with Crippen molar-refractivity contribution in [3.8, 4) is 0 Å². The van der Waals surface area contributed by atoms with Crippen LogP contribution in [-0.2, 0) is 0 Å². The van der Waals surface area contributed by atoms with E-state index in [1.54, 1.807) is 0 Å². The number of hydrogen-bond acceptors (Lipinski definition) is 2. The van der Waals surface area contributed by atoms with Crippen LogP contribution < -0.4 is 10.2 Å². The largest absolute Gasteiger partial charge is 0.368 e. The molecular formula is C19H30N2. The van der Waals surface area contributed by atoms with Gasteiger partial charge in [-0.05, 0) is 56.7 Å². The Morgan fingerprint density at radius 1 is 1.14 bits per heavy atom. The zero-order valence-corrected chi connectivity index (χ0v) is 13.6. The molecule has 0 aromatic heterocycles. The minimum absolute atomic E-state index is 0.441. The van der Waals surface area contributed by atoms with Crippen LogP contribution in [0.3, 0.4) is 0 Å². The van der Waals surface area contributed by atoms with Crippen LogP contribution in [0.4, 0.5) is 5.69 Å². The zero-order chi connectivity index (χ0) is 14.7. The van der Waals surface area contributed by atoms with E-state index in [4.69, 9.17) is 0 Å². The Hall–Kier alpha value is -1.02. The fraction of sp³-hybridized carbons (Fsp3) is 0.684. The van der Waals surface area contributed by atoms with E-state index in [9.17, 15) is 0 Å². The molecule has 0 spiro atoms. The van der Waals surface area contributed by atoms with Gasteiger partial charge in [0, 0.05) is 24.3 Å². The fourth-order valence-corrected chi connectivity index (χ4v) is 4.46. The third-order valence-electron chi connectivity index (χ3n) is 5.47. The molecule has 0 bridgehead atoms. The van der Waals surface area contributed by atoms with E-state index in [1.165, 1.54) is 56.3 Å². The van der Waals surface area contributed by atoms with Gasteiger partial charge in [0.1, 0.15) is 0 Å². The average molecular weight is 286 g/mol. The van der Waals surface area contributed by atoms with Crippen molar-refractivity contribution in [2.75, 3.05) is 18.0 Å². The van der Waals surface area contributed by atoms with Gasteiger partial charge in [-0.25, -0.2) is 0 Å². The lowest BCUT2D eigenvalue weighted by atomic mass is 9.95. The van der Waals surface area contributed by atoms with E-state index >= 15 is 0 Å². The van der Waals surface area contributed by atoms with Gasteiger partial charge < -0.3 is 10.2 Å². The first-order valence-electron chi connectivity index (χ1n) is 8.90. The van der Waals surface area contributed by atoms with Crippen molar-refractivity contribution >= 4 is 5.69 Å². The summed E-state index contributed by atoms with van der Waals surface area (Å²) >= 11 is 0. The summed E-state index contributed by atoms with van der Waals surface area (Å²) in [7, 11) is 0. The number of nitrogens with zero attached hydrogens (tertiary/aromatic N) is 1. The van der Waals surface area contributed by atoms with Crippen LogP contribution in [0.5, 0.6) is 0 Å². The van der Waals surface area contributed by atoms with Gasteiger partial charge in [-0.15, -0.1) is 0 Å². The Bertz CT molecular complexity index is 451. The minimum atomic E-state index is 0.441. The van der Waals surface area contributed by atoms with Crippen molar-refractivity contribution in [1.82, 2.24) is 5.32 Å². The second kappa shape index (κ2) is 6.83. The smallest absolute Gasteiger partial charge is 0.0417 e. The molecular weight excluding hydrogens is 256 g/mol. The van der Waals surface area contributed by atoms with E-state index in [1.807, 2.05) is 0 Å². The summed E-state index contributed by atoms with van der Waals surface area (Å²) in [4.78, 5) is 2.74. The predicted octanol–water partition coefficient (Wildman–Crippen LogP) is 4.52. The SMILES string of the molecule is CCNC(C)c1ccccc1N1CCCC1C1CCCC1. The first-order valence-corrected chi connectivity index (χ1v) is 8.90. The number of benzene rings is 1. The van der Waals surface area contributed by atoms with Gasteiger partial charge >= 0.3 is 0 Å². The molecule has 1 aromatic carbocycles. The molecule has 2 atom stereocenters. The van der Waals surface area contributed by atoms with Crippen molar-refractivity contribution < 1.29 is 0 Å². The van der Waals surface area contributed by atoms with E-state index in [2.05, 4.69) is 48.3 Å². The lowest BCUT2D eigenvalue weighted by Crippen LogP contribution is -2.36. The molecule has 1 heterocycles. The van der Waals surface area contributed by atoms with Gasteiger partial charge in [-0.3, -0.25) is 0 Å². The summed E-state index contributed by atoms with van der Waals surface area (Å²) in [5, 5.41) is 3.58. The highest BCUT2D eigenvalue weighted by molar-refractivity contribution is 5.56. The monoisotopic (exact) mass is 286 g/mol. The Balaban J connectivity index is 1.84. The molecule has 2 unspecified atom stereocenters. The van der Waals surface area contributed by atoms with Crippen LogP contribution >= 0.6 is 0 Å². The van der Waals surface area contributed by atoms with Crippen LogP contribution in [-0.4, -0.2) is 19.1 Å². The molecule has 1 saturated carbocycles. The van der Waals surface area contributed by atoms with Crippen LogP contribution in [0.25, 0.3) is 0 Å². The Morgan fingerprint density at radius 3 is 2.67 bits per heavy atom. The molecule has 1 aliphatic heterocycles. The summed E-state index contributed by atoms with van der Waals surface area (Å²) in [6, 6.07) is 10.3. The molecule has 3 rings (SSSR count). The van der Waals surface area contributed by atoms with E-state index in [0.717, 1.165) is 18.5 Å². The minimum Gasteiger partial charge on any atom is -0.368 e. The lowest BCUT2D eigenvalue weighted by molar-refractivity contribution is 0.429. The molecule has 2 fully saturated rings. The van der Waals surface area contributed by atoms with Crippen LogP contribution in [0.2, 0.25) is 0 Å². The Kier molecular flexibility index (Phi) is 4.84. The number of para-hydroxylation sites is 1. The van der Waals surface area contributed by atoms with Crippen molar-refractivity contribution in [2.45, 2.75) is 64.5 Å². The topological polar surface area (TPSA) is 15.3 Å². The molecule has 116 valence electrons. The summed E-state index contributed by atoms with van der Waals surface area (Å²) in [6.07, 6.45) is 8.56. The molecule has 21 heavy (non-hydrogen) atoms. The molecule has 1 aliphatic carbocycles. The normalized spacial score (nSPS) is 24.7. The highest BCUT2D eigenvalue weighted by Gasteiger charge is 2.34. The number of anilines is 1. The van der Waals surface area contributed by atoms with Gasteiger partial charge in [-0.1, -0.05) is 38.0 Å². The third kappa shape index (κ3) is 3.11. The standard InChI is InChI=1S/C19H30N2/c1-3-20-15(2)17-11-6-7-12-19(17)21-14-8-13-18(21)16-9-4-5-10-16/h6-7,11-12,15-16,18,20H,3-5,8-10,13-14H2,1-2H3. The van der Waals surface area contributed by atoms with Gasteiger partial charge in [0.15, 0.2) is 0 Å². The molecule has 0 amide bonds. The van der Waals surface area contributed by atoms with Crippen molar-refractivity contribution in [3.63, 3.8) is 0 Å². The second-order valence-corrected chi connectivity index (χ2v) is 6.79. The maximum Gasteiger partial charge on any atom is 0.0417 e. The first kappa shape index (κ1) is 14.9. The number of hydrogen-bond donors (Lipinski definition) is 1. The Morgan fingerprint density at radius 2 is 1.90 bits per heavy atom. The Labute approximate surface area is 129 Å². The summed E-state index contributed by atoms with van der Waals surface area (Å²) in [6.45, 7) is 6.76. The molecule has 0 radical (unpaired) electrons. The first-order chi connectivity index (χ1) is 10.3. The molecule has 1 saturated heterocycles. The average Bonchev–Trinajstić information content (AvgIpc) is 3.18. The molecule has 1 N–H and O–H groups in total. The van der Waals surface area contributed by atoms with Crippen molar-refractivity contribution in [3.05, 3.63) is 29.8 Å². The molecule has 2 nitrogen and oxygen atoms in total. The van der Waals surface area contributed by atoms with Gasteiger partial charge in [0.05, 0.1) is 0 Å². The number of nitrogens with one attached hydrogen (secondary N) is 1. The fourth-order valence-electron chi connectivity index (χ4n) is 4.46. The summed E-state index contributed by atoms with van der Waals surface area (Å²) in [5.74, 6) is 0.940. The predicted molar refractivity (Wildman–Crippen MR) is 90.9 cm³/mol. The molecule has 2 aliphatic rings. The third-order valence-corrected chi connectivity index (χ3v) is 5.47. The number of rotatable bonds is 5. The van der Waals surface area contributed by atoms with Gasteiger partial charge in [0.2, 0.25) is 0 Å². The van der Waals surface area contributed by atoms with E-state index in [-0.39, 0.29) is 0 Å². The quantitative estimate of drug-likeness (QED) is 0.856. The maximum absolute atomic E-state index is 3.58. The van der Waals surface area contributed by atoms with Crippen LogP contribution in [0, 0.1) is 5.92 Å².